The van der Waals surface area contributed by atoms with E-state index in [1.807, 2.05) is 0 Å². The molecule has 8 heteroatoms. The normalized spacial score (nSPS) is 13.8. The SMILES string of the molecule is COC(=O)c1cc(S(C)(=O)=O)ccc1N1C(=O)c2ccccc2C1=O. The van der Waals surface area contributed by atoms with Crippen LogP contribution in [0.2, 0.25) is 0 Å². The predicted molar refractivity (Wildman–Crippen MR) is 88.5 cm³/mol. The Morgan fingerprint density at radius 3 is 2.04 bits per heavy atom. The molecule has 2 aromatic rings. The maximum absolute atomic E-state index is 12.6. The van der Waals surface area contributed by atoms with Crippen LogP contribution in [-0.2, 0) is 14.6 Å². The maximum Gasteiger partial charge on any atom is 0.340 e. The summed E-state index contributed by atoms with van der Waals surface area (Å²) in [6.45, 7) is 0. The summed E-state index contributed by atoms with van der Waals surface area (Å²) in [6.07, 6.45) is 0.991. The number of hydrogen-bond acceptors (Lipinski definition) is 6. The Hall–Kier alpha value is -3.00. The van der Waals surface area contributed by atoms with Crippen LogP contribution in [-0.4, -0.2) is 39.6 Å². The van der Waals surface area contributed by atoms with Crippen LogP contribution in [0.25, 0.3) is 0 Å². The second-order valence-corrected chi connectivity index (χ2v) is 7.45. The zero-order valence-electron chi connectivity index (χ0n) is 13.3. The molecule has 0 aromatic heterocycles. The molecule has 25 heavy (non-hydrogen) atoms. The molecule has 0 atom stereocenters. The zero-order valence-corrected chi connectivity index (χ0v) is 14.2. The number of nitrogens with zero attached hydrogens (tertiary/aromatic N) is 1. The van der Waals surface area contributed by atoms with Crippen LogP contribution in [0.3, 0.4) is 0 Å². The van der Waals surface area contributed by atoms with Crippen LogP contribution < -0.4 is 4.90 Å². The van der Waals surface area contributed by atoms with E-state index in [0.717, 1.165) is 24.3 Å². The minimum absolute atomic E-state index is 0.0227. The molecule has 1 heterocycles. The first-order valence-electron chi connectivity index (χ1n) is 7.16. The molecule has 0 saturated heterocycles. The summed E-state index contributed by atoms with van der Waals surface area (Å²) in [7, 11) is -2.46. The third-order valence-corrected chi connectivity index (χ3v) is 4.95. The first-order chi connectivity index (χ1) is 11.8. The van der Waals surface area contributed by atoms with E-state index in [4.69, 9.17) is 0 Å². The third-order valence-electron chi connectivity index (χ3n) is 3.84. The average Bonchev–Trinajstić information content (AvgIpc) is 2.84. The molecule has 0 spiro atoms. The van der Waals surface area contributed by atoms with Gasteiger partial charge in [-0.05, 0) is 30.3 Å². The number of imide groups is 1. The fourth-order valence-corrected chi connectivity index (χ4v) is 3.27. The number of amides is 2. The quantitative estimate of drug-likeness (QED) is 0.611. The molecule has 1 aliphatic rings. The Bertz CT molecular complexity index is 990. The molecule has 0 N–H and O–H groups in total. The second kappa shape index (κ2) is 5.82. The number of hydrogen-bond donors (Lipinski definition) is 0. The highest BCUT2D eigenvalue weighted by atomic mass is 32.2. The number of rotatable bonds is 3. The smallest absolute Gasteiger partial charge is 0.340 e. The number of fused-ring (bicyclic) bond motifs is 1. The largest absolute Gasteiger partial charge is 0.465 e. The van der Waals surface area contributed by atoms with Crippen molar-refractivity contribution in [3.8, 4) is 0 Å². The van der Waals surface area contributed by atoms with E-state index in [-0.39, 0.29) is 27.3 Å². The van der Waals surface area contributed by atoms with E-state index in [1.165, 1.54) is 24.3 Å². The van der Waals surface area contributed by atoms with Crippen molar-refractivity contribution in [2.45, 2.75) is 4.90 Å². The molecule has 0 aliphatic carbocycles. The van der Waals surface area contributed by atoms with Crippen LogP contribution in [0.5, 0.6) is 0 Å². The Morgan fingerprint density at radius 1 is 1.00 bits per heavy atom. The highest BCUT2D eigenvalue weighted by Crippen LogP contribution is 2.32. The molecule has 128 valence electrons. The van der Waals surface area contributed by atoms with Gasteiger partial charge in [0.1, 0.15) is 0 Å². The van der Waals surface area contributed by atoms with E-state index in [1.54, 1.807) is 12.1 Å². The maximum atomic E-state index is 12.6. The highest BCUT2D eigenvalue weighted by Gasteiger charge is 2.38. The topological polar surface area (TPSA) is 97.8 Å². The molecule has 1 aliphatic heterocycles. The fraction of sp³-hybridized carbons (Fsp3) is 0.118. The lowest BCUT2D eigenvalue weighted by Crippen LogP contribution is -2.31. The molecular formula is C17H13NO6S. The van der Waals surface area contributed by atoms with E-state index in [2.05, 4.69) is 4.74 Å². The van der Waals surface area contributed by atoms with Crippen molar-refractivity contribution in [3.05, 3.63) is 59.2 Å². The molecule has 7 nitrogen and oxygen atoms in total. The predicted octanol–water partition coefficient (Wildman–Crippen LogP) is 1.68. The molecule has 0 unspecified atom stereocenters. The van der Waals surface area contributed by atoms with Crippen molar-refractivity contribution in [2.24, 2.45) is 0 Å². The summed E-state index contributed by atoms with van der Waals surface area (Å²) < 4.78 is 28.1. The summed E-state index contributed by atoms with van der Waals surface area (Å²) in [5, 5.41) is 0. The minimum Gasteiger partial charge on any atom is -0.465 e. The van der Waals surface area contributed by atoms with Crippen molar-refractivity contribution in [2.75, 3.05) is 18.3 Å². The van der Waals surface area contributed by atoms with Gasteiger partial charge in [-0.25, -0.2) is 18.1 Å². The molecule has 3 rings (SSSR count). The molecule has 0 radical (unpaired) electrons. The summed E-state index contributed by atoms with van der Waals surface area (Å²) in [4.78, 5) is 38.0. The van der Waals surface area contributed by atoms with E-state index >= 15 is 0 Å². The monoisotopic (exact) mass is 359 g/mol. The number of carbonyl (C=O) groups excluding carboxylic acids is 3. The summed E-state index contributed by atoms with van der Waals surface area (Å²) in [6, 6.07) is 9.87. The number of ether oxygens (including phenoxy) is 1. The Labute approximate surface area is 143 Å². The van der Waals surface area contributed by atoms with Crippen LogP contribution in [0.15, 0.2) is 47.4 Å². The lowest BCUT2D eigenvalue weighted by atomic mass is 10.1. The van der Waals surface area contributed by atoms with E-state index < -0.39 is 27.6 Å². The number of esters is 1. The Kier molecular flexibility index (Phi) is 3.92. The lowest BCUT2D eigenvalue weighted by Gasteiger charge is -2.18. The van der Waals surface area contributed by atoms with Crippen LogP contribution in [0.4, 0.5) is 5.69 Å². The van der Waals surface area contributed by atoms with Gasteiger partial charge in [0.15, 0.2) is 9.84 Å². The molecule has 0 bridgehead atoms. The second-order valence-electron chi connectivity index (χ2n) is 5.43. The number of methoxy groups -OCH3 is 1. The van der Waals surface area contributed by atoms with Gasteiger partial charge in [-0.15, -0.1) is 0 Å². The molecular weight excluding hydrogens is 346 g/mol. The van der Waals surface area contributed by atoms with E-state index in [9.17, 15) is 22.8 Å². The molecule has 2 amide bonds. The van der Waals surface area contributed by atoms with Crippen LogP contribution in [0, 0.1) is 0 Å². The fourth-order valence-electron chi connectivity index (χ4n) is 2.62. The van der Waals surface area contributed by atoms with E-state index in [0.29, 0.717) is 0 Å². The standard InChI is InChI=1S/C17H13NO6S/c1-24-17(21)13-9-10(25(2,22)23)7-8-14(13)18-15(19)11-5-3-4-6-12(11)16(18)20/h3-9H,1-2H3. The van der Waals surface area contributed by atoms with Crippen molar-refractivity contribution >= 4 is 33.3 Å². The summed E-state index contributed by atoms with van der Waals surface area (Å²) >= 11 is 0. The van der Waals surface area contributed by atoms with Crippen molar-refractivity contribution in [1.29, 1.82) is 0 Å². The average molecular weight is 359 g/mol. The van der Waals surface area contributed by atoms with Gasteiger partial charge in [-0.3, -0.25) is 9.59 Å². The highest BCUT2D eigenvalue weighted by molar-refractivity contribution is 7.90. The van der Waals surface area contributed by atoms with Gasteiger partial charge in [-0.2, -0.15) is 0 Å². The van der Waals surface area contributed by atoms with Gasteiger partial charge in [0.05, 0.1) is 34.4 Å². The lowest BCUT2D eigenvalue weighted by molar-refractivity contribution is 0.0601. The number of benzene rings is 2. The molecule has 0 fully saturated rings. The van der Waals surface area contributed by atoms with Gasteiger partial charge >= 0.3 is 5.97 Å². The Morgan fingerprint density at radius 2 is 1.56 bits per heavy atom. The van der Waals surface area contributed by atoms with Gasteiger partial charge in [0, 0.05) is 6.26 Å². The summed E-state index contributed by atoms with van der Waals surface area (Å²) in [5.41, 5.74) is 0.233. The van der Waals surface area contributed by atoms with Gasteiger partial charge < -0.3 is 4.74 Å². The van der Waals surface area contributed by atoms with Crippen LogP contribution in [0.1, 0.15) is 31.1 Å². The number of anilines is 1. The number of sulfone groups is 1. The Balaban J connectivity index is 2.20. The van der Waals surface area contributed by atoms with Crippen molar-refractivity contribution < 1.29 is 27.5 Å². The summed E-state index contributed by atoms with van der Waals surface area (Å²) in [5.74, 6) is -2.02. The third kappa shape index (κ3) is 2.70. The number of carbonyl (C=O) groups is 3. The zero-order chi connectivity index (χ0) is 18.4. The first-order valence-corrected chi connectivity index (χ1v) is 9.05. The minimum atomic E-state index is -3.58. The first kappa shape index (κ1) is 16.8. The van der Waals surface area contributed by atoms with Crippen LogP contribution >= 0.6 is 0 Å². The van der Waals surface area contributed by atoms with Gasteiger partial charge in [-0.1, -0.05) is 12.1 Å². The van der Waals surface area contributed by atoms with Crippen molar-refractivity contribution in [3.63, 3.8) is 0 Å². The molecule has 2 aromatic carbocycles. The molecule has 0 saturated carbocycles. The van der Waals surface area contributed by atoms with Gasteiger partial charge in [0.2, 0.25) is 0 Å². The van der Waals surface area contributed by atoms with Crippen molar-refractivity contribution in [1.82, 2.24) is 0 Å². The van der Waals surface area contributed by atoms with Gasteiger partial charge in [0.25, 0.3) is 11.8 Å².